The molecular formula is C35H50O4. The highest BCUT2D eigenvalue weighted by atomic mass is 16.5. The molecule has 4 heteroatoms. The van der Waals surface area contributed by atoms with Crippen LogP contribution in [0.4, 0.5) is 0 Å². The topological polar surface area (TPSA) is 44.8 Å². The molecule has 0 aliphatic heterocycles. The van der Waals surface area contributed by atoms with Crippen molar-refractivity contribution in [2.24, 2.45) is 5.92 Å². The Labute approximate surface area is 237 Å². The summed E-state index contributed by atoms with van der Waals surface area (Å²) in [6.07, 6.45) is 18.5. The minimum absolute atomic E-state index is 0.408. The number of ether oxygens (including phenoxy) is 3. The average molecular weight is 535 g/mol. The second kappa shape index (κ2) is 17.8. The van der Waals surface area contributed by atoms with Gasteiger partial charge < -0.3 is 14.2 Å². The van der Waals surface area contributed by atoms with Crippen LogP contribution in [0.25, 0.3) is 0 Å². The number of hydrogen-bond donors (Lipinski definition) is 0. The number of unbranched alkanes of at least 4 members (excludes halogenated alkanes) is 7. The van der Waals surface area contributed by atoms with Crippen molar-refractivity contribution in [1.29, 1.82) is 0 Å². The molecule has 39 heavy (non-hydrogen) atoms. The monoisotopic (exact) mass is 534 g/mol. The fourth-order valence-electron chi connectivity index (χ4n) is 5.40. The lowest BCUT2D eigenvalue weighted by Gasteiger charge is -2.28. The highest BCUT2D eigenvalue weighted by Gasteiger charge is 2.22. The summed E-state index contributed by atoms with van der Waals surface area (Å²) < 4.78 is 17.8. The van der Waals surface area contributed by atoms with Gasteiger partial charge in [0.05, 0.1) is 13.2 Å². The number of carbonyl (C=O) groups is 1. The van der Waals surface area contributed by atoms with E-state index in [9.17, 15) is 4.79 Å². The van der Waals surface area contributed by atoms with Crippen LogP contribution in [0, 0.1) is 5.92 Å². The summed E-state index contributed by atoms with van der Waals surface area (Å²) in [5.74, 6) is 2.89. The zero-order chi connectivity index (χ0) is 27.7. The predicted molar refractivity (Wildman–Crippen MR) is 161 cm³/mol. The number of hydrogen-bond acceptors (Lipinski definition) is 4. The molecule has 1 saturated carbocycles. The van der Waals surface area contributed by atoms with Crippen LogP contribution >= 0.6 is 0 Å². The minimum Gasteiger partial charge on any atom is -0.493 e. The van der Waals surface area contributed by atoms with E-state index < -0.39 is 5.97 Å². The van der Waals surface area contributed by atoms with E-state index in [2.05, 4.69) is 32.6 Å². The third-order valence-electron chi connectivity index (χ3n) is 7.99. The molecule has 0 atom stereocenters. The highest BCUT2D eigenvalue weighted by Crippen LogP contribution is 2.37. The number of rotatable bonds is 18. The van der Waals surface area contributed by atoms with Gasteiger partial charge in [-0.3, -0.25) is 0 Å². The Kier molecular flexibility index (Phi) is 14.0. The molecule has 1 aliphatic carbocycles. The molecule has 0 bridgehead atoms. The summed E-state index contributed by atoms with van der Waals surface area (Å²) in [6, 6.07) is 13.5. The fraction of sp³-hybridized carbons (Fsp3) is 0.571. The maximum Gasteiger partial charge on any atom is 0.347 e. The van der Waals surface area contributed by atoms with Gasteiger partial charge in [0.15, 0.2) is 0 Å². The van der Waals surface area contributed by atoms with Crippen molar-refractivity contribution < 1.29 is 19.0 Å². The summed E-state index contributed by atoms with van der Waals surface area (Å²) >= 11 is 0. The summed E-state index contributed by atoms with van der Waals surface area (Å²) in [4.78, 5) is 13.2. The van der Waals surface area contributed by atoms with Crippen LogP contribution in [0.3, 0.4) is 0 Å². The first-order valence-electron chi connectivity index (χ1n) is 15.5. The molecular weight excluding hydrogens is 484 g/mol. The van der Waals surface area contributed by atoms with Gasteiger partial charge in [-0.1, -0.05) is 70.6 Å². The molecule has 214 valence electrons. The zero-order valence-corrected chi connectivity index (χ0v) is 24.4. The van der Waals surface area contributed by atoms with Crippen molar-refractivity contribution in [3.8, 4) is 17.2 Å². The van der Waals surface area contributed by atoms with Crippen LogP contribution in [0.2, 0.25) is 0 Å². The molecule has 3 rings (SSSR count). The van der Waals surface area contributed by atoms with Crippen molar-refractivity contribution in [1.82, 2.24) is 0 Å². The molecule has 0 unspecified atom stereocenters. The first-order valence-corrected chi connectivity index (χ1v) is 15.5. The van der Waals surface area contributed by atoms with Gasteiger partial charge in [0.1, 0.15) is 22.8 Å². The summed E-state index contributed by atoms with van der Waals surface area (Å²) in [5.41, 5.74) is 1.77. The zero-order valence-electron chi connectivity index (χ0n) is 24.4. The number of esters is 1. The minimum atomic E-state index is -0.408. The fourth-order valence-corrected chi connectivity index (χ4v) is 5.40. The Morgan fingerprint density at radius 3 is 2.21 bits per heavy atom. The molecule has 0 amide bonds. The Morgan fingerprint density at radius 1 is 0.821 bits per heavy atom. The molecule has 1 aliphatic rings. The SMILES string of the molecule is C=CCCCCOc1cc(OCCCCCCCC)ccc1C(=O)Oc1ccc(C2CCC(CC)CC2)cc1. The van der Waals surface area contributed by atoms with Crippen LogP contribution < -0.4 is 14.2 Å². The lowest BCUT2D eigenvalue weighted by molar-refractivity contribution is 0.0730. The smallest absolute Gasteiger partial charge is 0.347 e. The van der Waals surface area contributed by atoms with Gasteiger partial charge in [-0.2, -0.15) is 0 Å². The van der Waals surface area contributed by atoms with Crippen molar-refractivity contribution in [2.45, 2.75) is 110 Å². The van der Waals surface area contributed by atoms with Gasteiger partial charge >= 0.3 is 5.97 Å². The Morgan fingerprint density at radius 2 is 1.49 bits per heavy atom. The van der Waals surface area contributed by atoms with Gasteiger partial charge in [0.2, 0.25) is 0 Å². The third-order valence-corrected chi connectivity index (χ3v) is 7.99. The number of benzene rings is 2. The van der Waals surface area contributed by atoms with E-state index in [0.29, 0.717) is 36.2 Å². The van der Waals surface area contributed by atoms with Crippen molar-refractivity contribution in [3.05, 3.63) is 66.2 Å². The molecule has 0 saturated heterocycles. The number of carbonyl (C=O) groups excluding carboxylic acids is 1. The van der Waals surface area contributed by atoms with E-state index in [1.165, 1.54) is 69.8 Å². The van der Waals surface area contributed by atoms with Gasteiger partial charge in [-0.25, -0.2) is 4.79 Å². The second-order valence-corrected chi connectivity index (χ2v) is 11.0. The maximum atomic E-state index is 13.2. The highest BCUT2D eigenvalue weighted by molar-refractivity contribution is 5.94. The quantitative estimate of drug-likeness (QED) is 0.0826. The molecule has 0 spiro atoms. The molecule has 0 radical (unpaired) electrons. The van der Waals surface area contributed by atoms with Crippen LogP contribution in [0.5, 0.6) is 17.2 Å². The van der Waals surface area contributed by atoms with Crippen LogP contribution in [0.15, 0.2) is 55.1 Å². The average Bonchev–Trinajstić information content (AvgIpc) is 2.97. The Balaban J connectivity index is 1.58. The molecule has 0 aromatic heterocycles. The molecule has 0 heterocycles. The van der Waals surface area contributed by atoms with E-state index in [1.54, 1.807) is 6.07 Å². The van der Waals surface area contributed by atoms with Gasteiger partial charge in [0.25, 0.3) is 0 Å². The number of allylic oxidation sites excluding steroid dienone is 1. The van der Waals surface area contributed by atoms with Gasteiger partial charge in [-0.05, 0) is 93.0 Å². The first kappa shape index (κ1) is 30.8. The van der Waals surface area contributed by atoms with Crippen LogP contribution in [0.1, 0.15) is 126 Å². The standard InChI is InChI=1S/C35H50O4/c1-4-7-9-11-12-14-25-37-32-23-24-33(34(27-32)38-26-13-10-8-5-2)35(36)39-31-21-19-30(20-22-31)29-17-15-28(6-3)16-18-29/h5,19-24,27-29H,2,4,6-18,25-26H2,1,3H3. The molecule has 4 nitrogen and oxygen atoms in total. The van der Waals surface area contributed by atoms with Gasteiger partial charge in [-0.15, -0.1) is 6.58 Å². The third kappa shape index (κ3) is 10.7. The maximum absolute atomic E-state index is 13.2. The van der Waals surface area contributed by atoms with Crippen molar-refractivity contribution >= 4 is 5.97 Å². The Bertz CT molecular complexity index is 973. The normalized spacial score (nSPS) is 17.0. The van der Waals surface area contributed by atoms with E-state index in [0.717, 1.165) is 37.4 Å². The summed E-state index contributed by atoms with van der Waals surface area (Å²) in [6.45, 7) is 9.51. The molecule has 0 N–H and O–H groups in total. The largest absolute Gasteiger partial charge is 0.493 e. The summed E-state index contributed by atoms with van der Waals surface area (Å²) in [7, 11) is 0. The molecule has 2 aromatic rings. The molecule has 2 aromatic carbocycles. The molecule has 1 fully saturated rings. The van der Waals surface area contributed by atoms with Crippen molar-refractivity contribution in [2.75, 3.05) is 13.2 Å². The first-order chi connectivity index (χ1) is 19.1. The van der Waals surface area contributed by atoms with Crippen LogP contribution in [-0.4, -0.2) is 19.2 Å². The van der Waals surface area contributed by atoms with Crippen molar-refractivity contribution in [3.63, 3.8) is 0 Å². The summed E-state index contributed by atoms with van der Waals surface area (Å²) in [5, 5.41) is 0. The van der Waals surface area contributed by atoms with E-state index in [-0.39, 0.29) is 0 Å². The lowest BCUT2D eigenvalue weighted by atomic mass is 9.78. The van der Waals surface area contributed by atoms with Crippen LogP contribution in [-0.2, 0) is 0 Å². The lowest BCUT2D eigenvalue weighted by Crippen LogP contribution is -2.13. The predicted octanol–water partition coefficient (Wildman–Crippen LogP) is 10.1. The van der Waals surface area contributed by atoms with E-state index in [1.807, 2.05) is 30.3 Å². The van der Waals surface area contributed by atoms with E-state index in [4.69, 9.17) is 14.2 Å². The Hall–Kier alpha value is -2.75. The van der Waals surface area contributed by atoms with Gasteiger partial charge in [0, 0.05) is 6.07 Å². The van der Waals surface area contributed by atoms with E-state index >= 15 is 0 Å². The second-order valence-electron chi connectivity index (χ2n) is 11.0.